The minimum absolute atomic E-state index is 0.447. The number of benzene rings is 1. The van der Waals surface area contributed by atoms with Gasteiger partial charge in [-0.1, -0.05) is 12.1 Å². The second-order valence-corrected chi connectivity index (χ2v) is 6.52. The van der Waals surface area contributed by atoms with Crippen molar-refractivity contribution in [3.05, 3.63) is 48.8 Å². The molecule has 1 N–H and O–H groups in total. The van der Waals surface area contributed by atoms with Gasteiger partial charge < -0.3 is 24.4 Å². The van der Waals surface area contributed by atoms with Gasteiger partial charge >= 0.3 is 0 Å². The van der Waals surface area contributed by atoms with Crippen molar-refractivity contribution in [3.63, 3.8) is 0 Å². The second-order valence-electron chi connectivity index (χ2n) is 6.52. The molecule has 0 unspecified atom stereocenters. The van der Waals surface area contributed by atoms with Gasteiger partial charge in [0, 0.05) is 31.0 Å². The summed E-state index contributed by atoms with van der Waals surface area (Å²) < 4.78 is 28.0. The van der Waals surface area contributed by atoms with Crippen LogP contribution in [0.4, 0.5) is 21.8 Å². The monoisotopic (exact) mass is 411 g/mol. The summed E-state index contributed by atoms with van der Waals surface area (Å²) >= 11 is 0. The van der Waals surface area contributed by atoms with Crippen LogP contribution in [-0.2, 0) is 4.74 Å². The summed E-state index contributed by atoms with van der Waals surface area (Å²) in [5.74, 6) is 2.20. The number of anilines is 3. The number of rotatable bonds is 7. The molecule has 0 bridgehead atoms. The van der Waals surface area contributed by atoms with E-state index in [0.29, 0.717) is 42.3 Å². The molecule has 0 amide bonds. The summed E-state index contributed by atoms with van der Waals surface area (Å²) in [5, 5.41) is 3.27. The first-order valence-corrected chi connectivity index (χ1v) is 9.53. The van der Waals surface area contributed by atoms with E-state index in [1.165, 1.54) is 0 Å². The average Bonchev–Trinajstić information content (AvgIpc) is 2.80. The molecule has 4 rings (SSSR count). The minimum Gasteiger partial charge on any atom is -0.480 e. The van der Waals surface area contributed by atoms with Crippen molar-refractivity contribution in [2.75, 3.05) is 50.5 Å². The summed E-state index contributed by atoms with van der Waals surface area (Å²) in [5.41, 5.74) is 2.45. The lowest BCUT2D eigenvalue weighted by Crippen LogP contribution is -2.37. The van der Waals surface area contributed by atoms with E-state index in [0.717, 1.165) is 24.2 Å². The summed E-state index contributed by atoms with van der Waals surface area (Å²) in [6.07, 6.45) is 3.43. The largest absolute Gasteiger partial charge is 0.480 e. The van der Waals surface area contributed by atoms with Gasteiger partial charge in [-0.15, -0.1) is 0 Å². The van der Waals surface area contributed by atoms with Crippen molar-refractivity contribution in [1.82, 2.24) is 15.0 Å². The molecule has 9 heteroatoms. The molecule has 156 valence electrons. The van der Waals surface area contributed by atoms with Gasteiger partial charge in [0.1, 0.15) is 17.3 Å². The van der Waals surface area contributed by atoms with E-state index in [-0.39, 0.29) is 0 Å². The summed E-state index contributed by atoms with van der Waals surface area (Å²) in [7, 11) is 1.56. The van der Waals surface area contributed by atoms with Gasteiger partial charge in [0.05, 0.1) is 20.3 Å². The maximum Gasteiger partial charge on any atom is 0.237 e. The molecule has 3 heterocycles. The van der Waals surface area contributed by atoms with Gasteiger partial charge in [0.2, 0.25) is 18.7 Å². The number of aromatic nitrogens is 3. The fourth-order valence-electron chi connectivity index (χ4n) is 3.14. The Morgan fingerprint density at radius 3 is 2.63 bits per heavy atom. The lowest BCUT2D eigenvalue weighted by atomic mass is 10.1. The van der Waals surface area contributed by atoms with E-state index in [1.807, 2.05) is 18.2 Å². The van der Waals surface area contributed by atoms with E-state index >= 15 is 0 Å². The normalized spacial score (nSPS) is 13.7. The Hall–Kier alpha value is -3.46. The van der Waals surface area contributed by atoms with E-state index in [9.17, 15) is 4.39 Å². The minimum atomic E-state index is -0.858. The van der Waals surface area contributed by atoms with Crippen LogP contribution in [0.1, 0.15) is 0 Å². The molecular weight excluding hydrogens is 389 g/mol. The Morgan fingerprint density at radius 1 is 1.10 bits per heavy atom. The SMILES string of the molecule is COc1ncc(-c2ccc(OCF)cc2)cc1Nc1ccnc(N2CCOCC2)n1. The number of alkyl halides is 1. The molecule has 0 saturated carbocycles. The Morgan fingerprint density at radius 2 is 1.90 bits per heavy atom. The Labute approximate surface area is 173 Å². The molecule has 1 aliphatic heterocycles. The molecule has 3 aromatic rings. The highest BCUT2D eigenvalue weighted by atomic mass is 19.1. The van der Waals surface area contributed by atoms with Gasteiger partial charge in [-0.25, -0.2) is 14.4 Å². The number of pyridine rings is 1. The quantitative estimate of drug-likeness (QED) is 0.633. The highest BCUT2D eigenvalue weighted by Crippen LogP contribution is 2.31. The molecule has 0 radical (unpaired) electrons. The van der Waals surface area contributed by atoms with E-state index in [4.69, 9.17) is 14.2 Å². The van der Waals surface area contributed by atoms with Crippen LogP contribution in [0, 0.1) is 0 Å². The second kappa shape index (κ2) is 9.36. The molecule has 2 aromatic heterocycles. The number of morpholine rings is 1. The van der Waals surface area contributed by atoms with Crippen molar-refractivity contribution in [2.45, 2.75) is 0 Å². The Bertz CT molecular complexity index is 981. The summed E-state index contributed by atoms with van der Waals surface area (Å²) in [4.78, 5) is 15.5. The number of methoxy groups -OCH3 is 1. The maximum atomic E-state index is 12.3. The number of nitrogens with one attached hydrogen (secondary N) is 1. The highest BCUT2D eigenvalue weighted by Gasteiger charge is 2.15. The lowest BCUT2D eigenvalue weighted by Gasteiger charge is -2.26. The summed E-state index contributed by atoms with van der Waals surface area (Å²) in [6.45, 7) is 1.98. The zero-order valence-electron chi connectivity index (χ0n) is 16.5. The van der Waals surface area contributed by atoms with E-state index in [1.54, 1.807) is 37.7 Å². The van der Waals surface area contributed by atoms with Crippen LogP contribution < -0.4 is 19.7 Å². The van der Waals surface area contributed by atoms with Crippen LogP contribution in [0.5, 0.6) is 11.6 Å². The van der Waals surface area contributed by atoms with Crippen molar-refractivity contribution >= 4 is 17.5 Å². The summed E-state index contributed by atoms with van der Waals surface area (Å²) in [6, 6.07) is 10.8. The average molecular weight is 411 g/mol. The third-order valence-corrected chi connectivity index (χ3v) is 4.65. The Balaban J connectivity index is 1.58. The molecule has 30 heavy (non-hydrogen) atoms. The molecule has 1 fully saturated rings. The fourth-order valence-corrected chi connectivity index (χ4v) is 3.14. The van der Waals surface area contributed by atoms with Crippen LogP contribution in [-0.4, -0.2) is 55.2 Å². The molecule has 1 aromatic carbocycles. The standard InChI is InChI=1S/C21H22FN5O3/c1-28-20-18(12-16(13-24-20)15-2-4-17(5-3-15)30-14-22)25-19-6-7-23-21(26-19)27-8-10-29-11-9-27/h2-7,12-13H,8-11,14H2,1H3,(H,23,25,26). The predicted octanol–water partition coefficient (Wildman–Crippen LogP) is 3.43. The first-order valence-electron chi connectivity index (χ1n) is 9.53. The van der Waals surface area contributed by atoms with Gasteiger partial charge in [0.25, 0.3) is 0 Å². The molecule has 8 nitrogen and oxygen atoms in total. The lowest BCUT2D eigenvalue weighted by molar-refractivity contribution is 0.122. The van der Waals surface area contributed by atoms with Gasteiger partial charge in [-0.3, -0.25) is 0 Å². The number of ether oxygens (including phenoxy) is 3. The molecule has 1 aliphatic rings. The van der Waals surface area contributed by atoms with Crippen LogP contribution in [0.3, 0.4) is 0 Å². The first kappa shape index (κ1) is 19.8. The van der Waals surface area contributed by atoms with Crippen molar-refractivity contribution in [1.29, 1.82) is 0 Å². The van der Waals surface area contributed by atoms with Crippen LogP contribution in [0.15, 0.2) is 48.8 Å². The van der Waals surface area contributed by atoms with Crippen molar-refractivity contribution in [3.8, 4) is 22.8 Å². The van der Waals surface area contributed by atoms with Crippen LogP contribution in [0.2, 0.25) is 0 Å². The van der Waals surface area contributed by atoms with Gasteiger partial charge in [-0.05, 0) is 29.8 Å². The Kier molecular flexibility index (Phi) is 6.19. The topological polar surface area (TPSA) is 81.6 Å². The molecule has 0 atom stereocenters. The van der Waals surface area contributed by atoms with Crippen molar-refractivity contribution in [2.24, 2.45) is 0 Å². The third kappa shape index (κ3) is 4.57. The number of halogens is 1. The molecule has 0 aliphatic carbocycles. The molecular formula is C21H22FN5O3. The predicted molar refractivity (Wildman–Crippen MR) is 111 cm³/mol. The third-order valence-electron chi connectivity index (χ3n) is 4.65. The van der Waals surface area contributed by atoms with E-state index < -0.39 is 6.86 Å². The zero-order valence-corrected chi connectivity index (χ0v) is 16.5. The van der Waals surface area contributed by atoms with E-state index in [2.05, 4.69) is 25.2 Å². The number of hydrogen-bond acceptors (Lipinski definition) is 8. The smallest absolute Gasteiger partial charge is 0.237 e. The molecule has 0 spiro atoms. The number of nitrogens with zero attached hydrogens (tertiary/aromatic N) is 4. The first-order chi connectivity index (χ1) is 14.8. The van der Waals surface area contributed by atoms with Crippen LogP contribution in [0.25, 0.3) is 11.1 Å². The van der Waals surface area contributed by atoms with Gasteiger partial charge in [-0.2, -0.15) is 4.98 Å². The van der Waals surface area contributed by atoms with Crippen LogP contribution >= 0.6 is 0 Å². The highest BCUT2D eigenvalue weighted by molar-refractivity contribution is 5.72. The zero-order chi connectivity index (χ0) is 20.8. The fraction of sp³-hybridized carbons (Fsp3) is 0.286. The van der Waals surface area contributed by atoms with Gasteiger partial charge in [0.15, 0.2) is 0 Å². The number of hydrogen-bond donors (Lipinski definition) is 1. The van der Waals surface area contributed by atoms with Crippen molar-refractivity contribution < 1.29 is 18.6 Å². The maximum absolute atomic E-state index is 12.3. The molecule has 1 saturated heterocycles.